The molecule has 0 amide bonds. The Bertz CT molecular complexity index is 300. The van der Waals surface area contributed by atoms with Gasteiger partial charge in [0.1, 0.15) is 6.61 Å². The molecule has 0 saturated carbocycles. The summed E-state index contributed by atoms with van der Waals surface area (Å²) >= 11 is 0. The fourth-order valence-corrected chi connectivity index (χ4v) is 1.44. The topological polar surface area (TPSA) is 26.3 Å². The third kappa shape index (κ3) is 14.4. The molecule has 2 nitrogen and oxygen atoms in total. The molecule has 0 N–H and O–H groups in total. The molecule has 0 spiro atoms. The highest BCUT2D eigenvalue weighted by molar-refractivity contribution is 5.71. The zero-order chi connectivity index (χ0) is 14.2. The van der Waals surface area contributed by atoms with Gasteiger partial charge in [0.25, 0.3) is 0 Å². The highest BCUT2D eigenvalue weighted by atomic mass is 16.5. The van der Waals surface area contributed by atoms with Crippen LogP contribution in [0.1, 0.15) is 44.9 Å². The van der Waals surface area contributed by atoms with E-state index in [2.05, 4.69) is 13.2 Å². The van der Waals surface area contributed by atoms with Crippen molar-refractivity contribution in [3.05, 3.63) is 49.6 Å². The van der Waals surface area contributed by atoms with E-state index in [-0.39, 0.29) is 5.97 Å². The maximum absolute atomic E-state index is 11.3. The van der Waals surface area contributed by atoms with Crippen molar-refractivity contribution >= 4 is 5.97 Å². The predicted octanol–water partition coefficient (Wildman–Crippen LogP) is 4.74. The first-order chi connectivity index (χ1) is 9.31. The van der Waals surface area contributed by atoms with Gasteiger partial charge in [-0.15, -0.1) is 13.2 Å². The Morgan fingerprint density at radius 3 is 2.00 bits per heavy atom. The number of esters is 1. The Balaban J connectivity index is 3.43. The maximum atomic E-state index is 11.3. The lowest BCUT2D eigenvalue weighted by molar-refractivity contribution is -0.141. The number of ether oxygens (including phenoxy) is 1. The van der Waals surface area contributed by atoms with Crippen molar-refractivity contribution in [1.82, 2.24) is 0 Å². The lowest BCUT2D eigenvalue weighted by atomic mass is 10.2. The summed E-state index contributed by atoms with van der Waals surface area (Å²) in [5.41, 5.74) is 0. The number of allylic oxidation sites excluding steroid dienone is 4. The molecule has 0 aromatic carbocycles. The first-order valence-corrected chi connectivity index (χ1v) is 6.98. The molecule has 19 heavy (non-hydrogen) atoms. The van der Waals surface area contributed by atoms with Gasteiger partial charge in [0, 0.05) is 0 Å². The summed E-state index contributed by atoms with van der Waals surface area (Å²) in [4.78, 5) is 11.3. The minimum atomic E-state index is -0.171. The third-order valence-corrected chi connectivity index (χ3v) is 2.52. The number of hydrogen-bond donors (Lipinski definition) is 0. The molecular weight excluding hydrogens is 236 g/mol. The fourth-order valence-electron chi connectivity index (χ4n) is 1.44. The highest BCUT2D eigenvalue weighted by Crippen LogP contribution is 1.99. The molecule has 0 aliphatic rings. The number of unbranched alkanes of at least 4 members (excludes halogenated alkanes) is 4. The Morgan fingerprint density at radius 1 is 0.842 bits per heavy atom. The Labute approximate surface area is 117 Å². The summed E-state index contributed by atoms with van der Waals surface area (Å²) in [6.45, 7) is 7.70. The second-order valence-corrected chi connectivity index (χ2v) is 4.27. The van der Waals surface area contributed by atoms with Crippen molar-refractivity contribution in [3.63, 3.8) is 0 Å². The van der Waals surface area contributed by atoms with Crippen LogP contribution in [-0.4, -0.2) is 12.6 Å². The van der Waals surface area contributed by atoms with E-state index in [9.17, 15) is 4.79 Å². The molecule has 0 unspecified atom stereocenters. The molecule has 0 saturated heterocycles. The van der Waals surface area contributed by atoms with Gasteiger partial charge in [-0.3, -0.25) is 4.79 Å². The van der Waals surface area contributed by atoms with E-state index >= 15 is 0 Å². The fraction of sp³-hybridized carbons (Fsp3) is 0.471. The molecule has 2 heteroatoms. The molecule has 0 aliphatic heterocycles. The van der Waals surface area contributed by atoms with E-state index in [0.29, 0.717) is 13.0 Å². The van der Waals surface area contributed by atoms with Crippen molar-refractivity contribution in [2.45, 2.75) is 44.9 Å². The minimum absolute atomic E-state index is 0.171. The zero-order valence-electron chi connectivity index (χ0n) is 11.9. The lowest BCUT2D eigenvalue weighted by Gasteiger charge is -1.98. The van der Waals surface area contributed by atoms with Gasteiger partial charge in [-0.05, 0) is 38.5 Å². The van der Waals surface area contributed by atoms with Crippen molar-refractivity contribution < 1.29 is 9.53 Å². The number of carbonyl (C=O) groups excluding carboxylic acids is 1. The van der Waals surface area contributed by atoms with Gasteiger partial charge in [0.15, 0.2) is 0 Å². The normalized spacial score (nSPS) is 10.9. The Kier molecular flexibility index (Phi) is 13.3. The largest absolute Gasteiger partial charge is 0.461 e. The summed E-state index contributed by atoms with van der Waals surface area (Å²) in [5, 5.41) is 0. The first kappa shape index (κ1) is 17.4. The van der Waals surface area contributed by atoms with E-state index in [1.54, 1.807) is 0 Å². The number of hydrogen-bond acceptors (Lipinski definition) is 2. The lowest BCUT2D eigenvalue weighted by Crippen LogP contribution is -2.02. The summed E-state index contributed by atoms with van der Waals surface area (Å²) in [5.74, 6) is -0.171. The van der Waals surface area contributed by atoms with Crippen LogP contribution in [0.5, 0.6) is 0 Å². The monoisotopic (exact) mass is 262 g/mol. The molecule has 0 aliphatic carbocycles. The van der Waals surface area contributed by atoms with E-state index in [1.165, 1.54) is 0 Å². The van der Waals surface area contributed by atoms with Crippen LogP contribution < -0.4 is 0 Å². The second-order valence-electron chi connectivity index (χ2n) is 4.27. The molecule has 0 aromatic heterocycles. The molecule has 0 fully saturated rings. The van der Waals surface area contributed by atoms with Crippen LogP contribution in [0.25, 0.3) is 0 Å². The van der Waals surface area contributed by atoms with Crippen molar-refractivity contribution in [3.8, 4) is 0 Å². The molecule has 0 bridgehead atoms. The van der Waals surface area contributed by atoms with Crippen LogP contribution in [0.2, 0.25) is 0 Å². The average Bonchev–Trinajstić information content (AvgIpc) is 2.41. The second kappa shape index (κ2) is 14.5. The number of carbonyl (C=O) groups is 1. The summed E-state index contributed by atoms with van der Waals surface area (Å²) < 4.78 is 5.06. The van der Waals surface area contributed by atoms with E-state index in [1.807, 2.05) is 36.5 Å². The van der Waals surface area contributed by atoms with Gasteiger partial charge in [0.05, 0.1) is 6.42 Å². The van der Waals surface area contributed by atoms with Crippen LogP contribution in [0.15, 0.2) is 49.6 Å². The van der Waals surface area contributed by atoms with Crippen LogP contribution in [0, 0.1) is 0 Å². The van der Waals surface area contributed by atoms with Gasteiger partial charge < -0.3 is 4.74 Å². The van der Waals surface area contributed by atoms with Crippen LogP contribution >= 0.6 is 0 Å². The number of rotatable bonds is 12. The molecular formula is C17H26O2. The van der Waals surface area contributed by atoms with Crippen molar-refractivity contribution in [2.24, 2.45) is 0 Å². The smallest absolute Gasteiger partial charge is 0.309 e. The standard InChI is InChI=1S/C17H26O2/c1-3-5-7-9-11-13-15-17(18)19-16-14-12-10-8-6-4-2/h3-4,11-14H,1-2,5-10,15-16H2. The van der Waals surface area contributed by atoms with Gasteiger partial charge in [-0.2, -0.15) is 0 Å². The molecule has 0 aromatic rings. The molecule has 0 heterocycles. The van der Waals surface area contributed by atoms with Gasteiger partial charge >= 0.3 is 5.97 Å². The molecule has 0 radical (unpaired) electrons. The quantitative estimate of drug-likeness (QED) is 0.288. The average molecular weight is 262 g/mol. The van der Waals surface area contributed by atoms with E-state index < -0.39 is 0 Å². The third-order valence-electron chi connectivity index (χ3n) is 2.52. The molecule has 0 rings (SSSR count). The SMILES string of the molecule is C=CCCCC=CCOC(=O)CC=CCCCC=C. The van der Waals surface area contributed by atoms with Crippen LogP contribution in [0.3, 0.4) is 0 Å². The van der Waals surface area contributed by atoms with Gasteiger partial charge in [0.2, 0.25) is 0 Å². The highest BCUT2D eigenvalue weighted by Gasteiger charge is 1.96. The summed E-state index contributed by atoms with van der Waals surface area (Å²) in [7, 11) is 0. The van der Waals surface area contributed by atoms with Crippen molar-refractivity contribution in [1.29, 1.82) is 0 Å². The molecule has 0 atom stereocenters. The first-order valence-electron chi connectivity index (χ1n) is 6.98. The Hall–Kier alpha value is -1.57. The van der Waals surface area contributed by atoms with Crippen LogP contribution in [0.4, 0.5) is 0 Å². The maximum Gasteiger partial charge on any atom is 0.309 e. The van der Waals surface area contributed by atoms with Gasteiger partial charge in [-0.25, -0.2) is 0 Å². The van der Waals surface area contributed by atoms with E-state index in [4.69, 9.17) is 4.74 Å². The summed E-state index contributed by atoms with van der Waals surface area (Å²) in [6.07, 6.45) is 18.2. The van der Waals surface area contributed by atoms with Gasteiger partial charge in [-0.1, -0.05) is 36.5 Å². The summed E-state index contributed by atoms with van der Waals surface area (Å²) in [6, 6.07) is 0. The molecule has 106 valence electrons. The van der Waals surface area contributed by atoms with Crippen LogP contribution in [-0.2, 0) is 9.53 Å². The van der Waals surface area contributed by atoms with Crippen molar-refractivity contribution in [2.75, 3.05) is 6.61 Å². The zero-order valence-corrected chi connectivity index (χ0v) is 11.9. The predicted molar refractivity (Wildman–Crippen MR) is 82.0 cm³/mol. The van der Waals surface area contributed by atoms with E-state index in [0.717, 1.165) is 38.5 Å². The Morgan fingerprint density at radius 2 is 1.42 bits per heavy atom. The minimum Gasteiger partial charge on any atom is -0.461 e.